The van der Waals surface area contributed by atoms with Crippen LogP contribution >= 0.6 is 11.6 Å². The lowest BCUT2D eigenvalue weighted by molar-refractivity contribution is -0.170. The number of halogens is 1. The molecule has 3 rings (SSSR count). The van der Waals surface area contributed by atoms with Crippen LogP contribution in [0.2, 0.25) is 0 Å². The molecule has 14 heavy (non-hydrogen) atoms. The van der Waals surface area contributed by atoms with Crippen molar-refractivity contribution in [2.75, 3.05) is 6.61 Å². The van der Waals surface area contributed by atoms with Gasteiger partial charge in [-0.2, -0.15) is 0 Å². The molecule has 1 heterocycles. The van der Waals surface area contributed by atoms with Crippen molar-refractivity contribution in [1.29, 1.82) is 0 Å². The topological polar surface area (TPSA) is 9.23 Å². The molecule has 0 bridgehead atoms. The van der Waals surface area contributed by atoms with E-state index in [1.807, 2.05) is 0 Å². The molecule has 3 fully saturated rings. The molecule has 0 radical (unpaired) electrons. The normalized spacial score (nSPS) is 45.6. The van der Waals surface area contributed by atoms with Gasteiger partial charge in [0.2, 0.25) is 0 Å². The van der Waals surface area contributed by atoms with Crippen LogP contribution in [-0.2, 0) is 4.74 Å². The first-order valence-corrected chi connectivity index (χ1v) is 6.48. The van der Waals surface area contributed by atoms with Gasteiger partial charge in [-0.15, -0.1) is 11.6 Å². The highest BCUT2D eigenvalue weighted by Crippen LogP contribution is 2.63. The standard InChI is InChI=1S/C12H19ClO/c13-10-3-8-14-12(9-10)7-2-6-11(12)4-1-5-11/h10H,1-9H2. The molecule has 0 aromatic rings. The average Bonchev–Trinajstić information content (AvgIpc) is 2.42. The molecule has 2 saturated carbocycles. The van der Waals surface area contributed by atoms with E-state index in [1.165, 1.54) is 38.5 Å². The Kier molecular flexibility index (Phi) is 2.11. The summed E-state index contributed by atoms with van der Waals surface area (Å²) in [6.07, 6.45) is 10.4. The highest BCUT2D eigenvalue weighted by Gasteiger charge is 2.59. The van der Waals surface area contributed by atoms with E-state index in [4.69, 9.17) is 16.3 Å². The van der Waals surface area contributed by atoms with Crippen molar-refractivity contribution in [1.82, 2.24) is 0 Å². The molecule has 0 aromatic carbocycles. The SMILES string of the molecule is ClC1CCOC2(CCCC23CCC3)C1. The van der Waals surface area contributed by atoms with E-state index >= 15 is 0 Å². The molecule has 1 nitrogen and oxygen atoms in total. The van der Waals surface area contributed by atoms with Crippen molar-refractivity contribution in [3.63, 3.8) is 0 Å². The summed E-state index contributed by atoms with van der Waals surface area (Å²) >= 11 is 6.31. The van der Waals surface area contributed by atoms with Crippen LogP contribution in [0.1, 0.15) is 51.4 Å². The van der Waals surface area contributed by atoms with Gasteiger partial charge in [-0.25, -0.2) is 0 Å². The second kappa shape index (κ2) is 3.12. The third-order valence-electron chi connectivity index (χ3n) is 4.87. The highest BCUT2D eigenvalue weighted by atomic mass is 35.5. The Labute approximate surface area is 91.2 Å². The maximum Gasteiger partial charge on any atom is 0.0752 e. The summed E-state index contributed by atoms with van der Waals surface area (Å²) in [4.78, 5) is 0. The Morgan fingerprint density at radius 2 is 1.79 bits per heavy atom. The second-order valence-electron chi connectivity index (χ2n) is 5.42. The van der Waals surface area contributed by atoms with E-state index in [-0.39, 0.29) is 5.60 Å². The van der Waals surface area contributed by atoms with Crippen molar-refractivity contribution in [2.45, 2.75) is 62.3 Å². The number of hydrogen-bond donors (Lipinski definition) is 0. The van der Waals surface area contributed by atoms with Crippen molar-refractivity contribution in [2.24, 2.45) is 5.41 Å². The molecule has 2 heteroatoms. The fourth-order valence-electron chi connectivity index (χ4n) is 3.96. The Bertz CT molecular complexity index is 236. The van der Waals surface area contributed by atoms with E-state index < -0.39 is 0 Å². The summed E-state index contributed by atoms with van der Waals surface area (Å²) < 4.78 is 6.17. The van der Waals surface area contributed by atoms with Gasteiger partial charge in [0, 0.05) is 12.0 Å². The third kappa shape index (κ3) is 1.12. The van der Waals surface area contributed by atoms with Gasteiger partial charge in [0.15, 0.2) is 0 Å². The number of ether oxygens (including phenoxy) is 1. The van der Waals surface area contributed by atoms with Crippen molar-refractivity contribution in [3.8, 4) is 0 Å². The maximum atomic E-state index is 6.31. The molecule has 1 saturated heterocycles. The van der Waals surface area contributed by atoms with Gasteiger partial charge in [-0.1, -0.05) is 6.42 Å². The lowest BCUT2D eigenvalue weighted by Crippen LogP contribution is -2.53. The van der Waals surface area contributed by atoms with E-state index in [2.05, 4.69) is 0 Å². The highest BCUT2D eigenvalue weighted by molar-refractivity contribution is 6.20. The van der Waals surface area contributed by atoms with Gasteiger partial charge >= 0.3 is 0 Å². The summed E-state index contributed by atoms with van der Waals surface area (Å²) in [5.74, 6) is 0. The molecule has 0 N–H and O–H groups in total. The van der Waals surface area contributed by atoms with Crippen LogP contribution in [0.3, 0.4) is 0 Å². The first-order chi connectivity index (χ1) is 6.77. The van der Waals surface area contributed by atoms with E-state index in [0.29, 0.717) is 10.8 Å². The Morgan fingerprint density at radius 3 is 2.43 bits per heavy atom. The lowest BCUT2D eigenvalue weighted by Gasteiger charge is -2.54. The fraction of sp³-hybridized carbons (Fsp3) is 1.00. The zero-order valence-electron chi connectivity index (χ0n) is 8.73. The lowest BCUT2D eigenvalue weighted by atomic mass is 9.58. The Balaban J connectivity index is 1.86. The second-order valence-corrected chi connectivity index (χ2v) is 6.04. The minimum absolute atomic E-state index is 0.204. The first kappa shape index (κ1) is 9.47. The molecular weight excluding hydrogens is 196 g/mol. The van der Waals surface area contributed by atoms with Crippen molar-refractivity contribution in [3.05, 3.63) is 0 Å². The van der Waals surface area contributed by atoms with Gasteiger partial charge in [0.1, 0.15) is 0 Å². The molecule has 0 amide bonds. The molecular formula is C12H19ClO. The molecule has 3 aliphatic rings. The quantitative estimate of drug-likeness (QED) is 0.561. The molecule has 2 unspecified atom stereocenters. The predicted molar refractivity (Wildman–Crippen MR) is 57.7 cm³/mol. The first-order valence-electron chi connectivity index (χ1n) is 6.05. The largest absolute Gasteiger partial charge is 0.374 e. The van der Waals surface area contributed by atoms with Gasteiger partial charge in [-0.05, 0) is 50.4 Å². The van der Waals surface area contributed by atoms with Gasteiger partial charge < -0.3 is 4.74 Å². The zero-order chi connectivity index (χ0) is 9.65. The summed E-state index contributed by atoms with van der Waals surface area (Å²) in [6.45, 7) is 0.899. The van der Waals surface area contributed by atoms with Crippen LogP contribution in [0.4, 0.5) is 0 Å². The molecule has 1 aliphatic heterocycles. The summed E-state index contributed by atoms with van der Waals surface area (Å²) in [6, 6.07) is 0. The summed E-state index contributed by atoms with van der Waals surface area (Å²) in [7, 11) is 0. The van der Waals surface area contributed by atoms with Gasteiger partial charge in [-0.3, -0.25) is 0 Å². The Morgan fingerprint density at radius 1 is 1.07 bits per heavy atom. The summed E-state index contributed by atoms with van der Waals surface area (Å²) in [5.41, 5.74) is 0.760. The maximum absolute atomic E-state index is 6.31. The number of fused-ring (bicyclic) bond motifs is 1. The van der Waals surface area contributed by atoms with Crippen LogP contribution in [0.15, 0.2) is 0 Å². The third-order valence-corrected chi connectivity index (χ3v) is 5.25. The van der Waals surface area contributed by atoms with Crippen LogP contribution < -0.4 is 0 Å². The van der Waals surface area contributed by atoms with Crippen molar-refractivity contribution < 1.29 is 4.74 Å². The molecule has 80 valence electrons. The van der Waals surface area contributed by atoms with E-state index in [1.54, 1.807) is 0 Å². The molecule has 2 aliphatic carbocycles. The fourth-order valence-corrected chi connectivity index (χ4v) is 4.30. The minimum atomic E-state index is 0.204. The minimum Gasteiger partial charge on any atom is -0.374 e. The Hall–Kier alpha value is 0.250. The molecule has 0 aromatic heterocycles. The zero-order valence-corrected chi connectivity index (χ0v) is 9.48. The van der Waals surface area contributed by atoms with E-state index in [0.717, 1.165) is 19.4 Å². The number of rotatable bonds is 0. The van der Waals surface area contributed by atoms with Crippen LogP contribution in [0.5, 0.6) is 0 Å². The summed E-state index contributed by atoms with van der Waals surface area (Å²) in [5, 5.41) is 0.374. The number of alkyl halides is 1. The van der Waals surface area contributed by atoms with Gasteiger partial charge in [0.05, 0.1) is 5.60 Å². The van der Waals surface area contributed by atoms with E-state index in [9.17, 15) is 0 Å². The van der Waals surface area contributed by atoms with Crippen LogP contribution in [0, 0.1) is 5.41 Å². The monoisotopic (exact) mass is 214 g/mol. The smallest absolute Gasteiger partial charge is 0.0752 e. The van der Waals surface area contributed by atoms with Crippen molar-refractivity contribution >= 4 is 11.6 Å². The van der Waals surface area contributed by atoms with Crippen LogP contribution in [0.25, 0.3) is 0 Å². The van der Waals surface area contributed by atoms with Gasteiger partial charge in [0.25, 0.3) is 0 Å². The molecule has 2 atom stereocenters. The predicted octanol–water partition coefficient (Wildman–Crippen LogP) is 3.50. The average molecular weight is 215 g/mol. The van der Waals surface area contributed by atoms with Crippen LogP contribution in [-0.4, -0.2) is 17.6 Å². The molecule has 2 spiro atoms. The number of hydrogen-bond acceptors (Lipinski definition) is 1.